The lowest BCUT2D eigenvalue weighted by Gasteiger charge is -2.34. The van der Waals surface area contributed by atoms with Gasteiger partial charge in [-0.1, -0.05) is 25.1 Å². The Bertz CT molecular complexity index is 999. The van der Waals surface area contributed by atoms with E-state index in [4.69, 9.17) is 0 Å². The van der Waals surface area contributed by atoms with Crippen molar-refractivity contribution in [3.8, 4) is 0 Å². The highest BCUT2D eigenvalue weighted by molar-refractivity contribution is 7.92. The molecule has 0 aliphatic carbocycles. The van der Waals surface area contributed by atoms with E-state index in [0.29, 0.717) is 17.9 Å². The molecule has 2 aliphatic rings. The minimum absolute atomic E-state index is 0.147. The smallest absolute Gasteiger partial charge is 0.264 e. The number of rotatable bonds is 3. The van der Waals surface area contributed by atoms with Gasteiger partial charge in [0.2, 0.25) is 11.8 Å². The number of anilines is 2. The van der Waals surface area contributed by atoms with E-state index in [0.717, 1.165) is 16.9 Å². The lowest BCUT2D eigenvalue weighted by atomic mass is 9.96. The maximum Gasteiger partial charge on any atom is 0.264 e. The maximum absolute atomic E-state index is 13.2. The van der Waals surface area contributed by atoms with Crippen molar-refractivity contribution in [3.63, 3.8) is 0 Å². The zero-order valence-electron chi connectivity index (χ0n) is 15.0. The first-order valence-corrected chi connectivity index (χ1v) is 10.4. The topological polar surface area (TPSA) is 74.8 Å². The molecule has 6 nitrogen and oxygen atoms in total. The minimum Gasteiger partial charge on any atom is -0.274 e. The van der Waals surface area contributed by atoms with Gasteiger partial charge in [0, 0.05) is 19.4 Å². The Balaban J connectivity index is 1.69. The zero-order chi connectivity index (χ0) is 19.2. The lowest BCUT2D eigenvalue weighted by Crippen LogP contribution is -2.39. The summed E-state index contributed by atoms with van der Waals surface area (Å²) in [6.07, 6.45) is 1.24. The highest BCUT2D eigenvalue weighted by atomic mass is 32.2. The SMILES string of the molecule is CC1Cc2ccccc2N(S(=O)(=O)c2ccc(N3C(=O)CCC3=O)cc2)C1. The molecule has 1 unspecified atom stereocenters. The first-order chi connectivity index (χ1) is 12.9. The Hall–Kier alpha value is -2.67. The summed E-state index contributed by atoms with van der Waals surface area (Å²) < 4.78 is 27.9. The third kappa shape index (κ3) is 3.02. The summed E-state index contributed by atoms with van der Waals surface area (Å²) in [6, 6.07) is 13.5. The standard InChI is InChI=1S/C20H20N2O4S/c1-14-12-15-4-2-3-5-18(15)21(13-14)27(25,26)17-8-6-16(7-9-17)22-19(23)10-11-20(22)24/h2-9,14H,10-13H2,1H3. The second-order valence-corrected chi connectivity index (χ2v) is 8.95. The Morgan fingerprint density at radius 2 is 1.56 bits per heavy atom. The molecule has 1 fully saturated rings. The van der Waals surface area contributed by atoms with Crippen molar-refractivity contribution in [1.82, 2.24) is 0 Å². The van der Waals surface area contributed by atoms with Crippen LogP contribution in [0.25, 0.3) is 0 Å². The van der Waals surface area contributed by atoms with Gasteiger partial charge in [-0.3, -0.25) is 18.8 Å². The van der Waals surface area contributed by atoms with Crippen molar-refractivity contribution in [3.05, 3.63) is 54.1 Å². The molecule has 7 heteroatoms. The van der Waals surface area contributed by atoms with Gasteiger partial charge in [-0.05, 0) is 48.2 Å². The van der Waals surface area contributed by atoms with Gasteiger partial charge in [-0.2, -0.15) is 0 Å². The number of hydrogen-bond acceptors (Lipinski definition) is 4. The van der Waals surface area contributed by atoms with Crippen LogP contribution in [0.5, 0.6) is 0 Å². The summed E-state index contributed by atoms with van der Waals surface area (Å²) in [6.45, 7) is 2.45. The van der Waals surface area contributed by atoms with Crippen LogP contribution >= 0.6 is 0 Å². The number of benzene rings is 2. The Labute approximate surface area is 158 Å². The summed E-state index contributed by atoms with van der Waals surface area (Å²) in [5.74, 6) is -0.294. The number of para-hydroxylation sites is 1. The average molecular weight is 384 g/mol. The van der Waals surface area contributed by atoms with Crippen LogP contribution < -0.4 is 9.21 Å². The normalized spacial score (nSPS) is 20.1. The molecule has 2 aromatic carbocycles. The van der Waals surface area contributed by atoms with E-state index in [1.54, 1.807) is 0 Å². The summed E-state index contributed by atoms with van der Waals surface area (Å²) in [4.78, 5) is 25.0. The number of hydrogen-bond donors (Lipinski definition) is 0. The molecular weight excluding hydrogens is 364 g/mol. The third-order valence-electron chi connectivity index (χ3n) is 5.04. The van der Waals surface area contributed by atoms with Gasteiger partial charge in [-0.25, -0.2) is 8.42 Å². The number of amides is 2. The van der Waals surface area contributed by atoms with Crippen molar-refractivity contribution < 1.29 is 18.0 Å². The van der Waals surface area contributed by atoms with Gasteiger partial charge in [-0.15, -0.1) is 0 Å². The molecule has 2 aliphatic heterocycles. The minimum atomic E-state index is -3.73. The molecule has 0 bridgehead atoms. The van der Waals surface area contributed by atoms with Crippen LogP contribution in [0, 0.1) is 5.92 Å². The predicted octanol–water partition coefficient (Wildman–Crippen LogP) is 2.73. The fourth-order valence-electron chi connectivity index (χ4n) is 3.73. The lowest BCUT2D eigenvalue weighted by molar-refractivity contribution is -0.121. The third-order valence-corrected chi connectivity index (χ3v) is 6.83. The van der Waals surface area contributed by atoms with E-state index < -0.39 is 10.0 Å². The zero-order valence-corrected chi connectivity index (χ0v) is 15.8. The first kappa shape index (κ1) is 17.7. The maximum atomic E-state index is 13.2. The molecule has 1 atom stereocenters. The van der Waals surface area contributed by atoms with Crippen LogP contribution in [0.2, 0.25) is 0 Å². The number of imide groups is 1. The van der Waals surface area contributed by atoms with Gasteiger partial charge in [0.15, 0.2) is 0 Å². The average Bonchev–Trinajstić information content (AvgIpc) is 2.99. The van der Waals surface area contributed by atoms with Gasteiger partial charge in [0.05, 0.1) is 16.3 Å². The van der Waals surface area contributed by atoms with E-state index in [9.17, 15) is 18.0 Å². The molecule has 1 saturated heterocycles. The van der Waals surface area contributed by atoms with Crippen molar-refractivity contribution in [1.29, 1.82) is 0 Å². The Kier molecular flexibility index (Phi) is 4.26. The molecule has 4 rings (SSSR count). The van der Waals surface area contributed by atoms with Crippen molar-refractivity contribution in [2.75, 3.05) is 15.7 Å². The molecule has 2 aromatic rings. The van der Waals surface area contributed by atoms with Crippen molar-refractivity contribution in [2.24, 2.45) is 5.92 Å². The molecule has 27 heavy (non-hydrogen) atoms. The van der Waals surface area contributed by atoms with Crippen LogP contribution in [-0.2, 0) is 26.0 Å². The molecule has 0 saturated carbocycles. The van der Waals surface area contributed by atoms with Gasteiger partial charge < -0.3 is 0 Å². The molecule has 2 heterocycles. The Morgan fingerprint density at radius 3 is 2.22 bits per heavy atom. The highest BCUT2D eigenvalue weighted by Crippen LogP contribution is 2.34. The summed E-state index contributed by atoms with van der Waals surface area (Å²) >= 11 is 0. The van der Waals surface area contributed by atoms with E-state index >= 15 is 0 Å². The highest BCUT2D eigenvalue weighted by Gasteiger charge is 2.33. The van der Waals surface area contributed by atoms with Gasteiger partial charge in [0.25, 0.3) is 10.0 Å². The van der Waals surface area contributed by atoms with E-state index in [1.165, 1.54) is 28.6 Å². The number of carbonyl (C=O) groups is 2. The summed E-state index contributed by atoms with van der Waals surface area (Å²) in [5.41, 5.74) is 2.14. The fraction of sp³-hybridized carbons (Fsp3) is 0.300. The molecule has 140 valence electrons. The second-order valence-electron chi connectivity index (χ2n) is 7.09. The molecule has 2 amide bonds. The molecule has 0 aromatic heterocycles. The molecule has 0 N–H and O–H groups in total. The van der Waals surface area contributed by atoms with E-state index in [2.05, 4.69) is 0 Å². The van der Waals surface area contributed by atoms with Crippen molar-refractivity contribution in [2.45, 2.75) is 31.1 Å². The first-order valence-electron chi connectivity index (χ1n) is 8.94. The van der Waals surface area contributed by atoms with E-state index in [1.807, 2.05) is 31.2 Å². The number of fused-ring (bicyclic) bond motifs is 1. The summed E-state index contributed by atoms with van der Waals surface area (Å²) in [5, 5.41) is 0. The summed E-state index contributed by atoms with van der Waals surface area (Å²) in [7, 11) is -3.73. The predicted molar refractivity (Wildman–Crippen MR) is 102 cm³/mol. The fourth-order valence-corrected chi connectivity index (χ4v) is 5.36. The van der Waals surface area contributed by atoms with Crippen LogP contribution in [0.1, 0.15) is 25.3 Å². The van der Waals surface area contributed by atoms with Crippen molar-refractivity contribution >= 4 is 33.2 Å². The largest absolute Gasteiger partial charge is 0.274 e. The van der Waals surface area contributed by atoms with Crippen LogP contribution in [0.4, 0.5) is 11.4 Å². The molecule has 0 radical (unpaired) electrons. The van der Waals surface area contributed by atoms with Crippen LogP contribution in [-0.4, -0.2) is 26.8 Å². The van der Waals surface area contributed by atoms with E-state index in [-0.39, 0.29) is 35.5 Å². The van der Waals surface area contributed by atoms with Crippen LogP contribution in [0.3, 0.4) is 0 Å². The van der Waals surface area contributed by atoms with Gasteiger partial charge >= 0.3 is 0 Å². The quantitative estimate of drug-likeness (QED) is 0.763. The monoisotopic (exact) mass is 384 g/mol. The van der Waals surface area contributed by atoms with Crippen LogP contribution in [0.15, 0.2) is 53.4 Å². The second kappa shape index (κ2) is 6.49. The Morgan fingerprint density at radius 1 is 0.926 bits per heavy atom. The molecular formula is C20H20N2O4S. The number of nitrogens with zero attached hydrogens (tertiary/aromatic N) is 2. The van der Waals surface area contributed by atoms with Gasteiger partial charge in [0.1, 0.15) is 0 Å². The number of carbonyl (C=O) groups excluding carboxylic acids is 2. The molecule has 0 spiro atoms. The number of sulfonamides is 1.